The summed E-state index contributed by atoms with van der Waals surface area (Å²) in [6.07, 6.45) is 2.48. The van der Waals surface area contributed by atoms with E-state index >= 15 is 0 Å². The maximum absolute atomic E-state index is 12.0. The number of hydrogen-bond donors (Lipinski definition) is 0. The van der Waals surface area contributed by atoms with Crippen LogP contribution in [0.15, 0.2) is 15.7 Å². The molecule has 3 heterocycles. The number of aromatic nitrogens is 2. The number of hydrogen-bond acceptors (Lipinski definition) is 4. The monoisotopic (exact) mass is 292 g/mol. The minimum atomic E-state index is -0.244. The van der Waals surface area contributed by atoms with Gasteiger partial charge in [-0.25, -0.2) is 4.79 Å². The Bertz CT molecular complexity index is 663. The molecule has 1 unspecified atom stereocenters. The standard InChI is InChI=1S/C15H24N4O2/c1-16-6-4-15(10-16)5-7-19(11-15)9-12-8-13(20)18(3)14(21)17(12)2/h8H,4-7,9-11H2,1-3H3. The minimum Gasteiger partial charge on any atom is -0.306 e. The second-order valence-electron chi connectivity index (χ2n) is 6.82. The van der Waals surface area contributed by atoms with E-state index in [4.69, 9.17) is 0 Å². The van der Waals surface area contributed by atoms with Crippen molar-refractivity contribution in [2.24, 2.45) is 19.5 Å². The third-order valence-electron chi connectivity index (χ3n) is 5.16. The first-order valence-corrected chi connectivity index (χ1v) is 7.57. The predicted molar refractivity (Wildman–Crippen MR) is 81.4 cm³/mol. The topological polar surface area (TPSA) is 50.5 Å². The van der Waals surface area contributed by atoms with E-state index in [2.05, 4.69) is 16.8 Å². The third-order valence-corrected chi connectivity index (χ3v) is 5.16. The van der Waals surface area contributed by atoms with E-state index in [0.717, 1.165) is 23.4 Å². The van der Waals surface area contributed by atoms with Crippen molar-refractivity contribution in [1.29, 1.82) is 0 Å². The van der Waals surface area contributed by atoms with Gasteiger partial charge in [0.2, 0.25) is 0 Å². The Morgan fingerprint density at radius 2 is 1.76 bits per heavy atom. The molecule has 1 atom stereocenters. The summed E-state index contributed by atoms with van der Waals surface area (Å²) in [6, 6.07) is 1.59. The molecule has 0 aliphatic carbocycles. The summed E-state index contributed by atoms with van der Waals surface area (Å²) in [7, 11) is 5.45. The predicted octanol–water partition coefficient (Wildman–Crippen LogP) is -0.388. The smallest absolute Gasteiger partial charge is 0.306 e. The van der Waals surface area contributed by atoms with E-state index in [1.807, 2.05) is 0 Å². The van der Waals surface area contributed by atoms with Crippen LogP contribution >= 0.6 is 0 Å². The van der Waals surface area contributed by atoms with E-state index in [0.29, 0.717) is 12.0 Å². The van der Waals surface area contributed by atoms with Gasteiger partial charge in [0.25, 0.3) is 5.56 Å². The first-order chi connectivity index (χ1) is 9.90. The van der Waals surface area contributed by atoms with Gasteiger partial charge >= 0.3 is 5.69 Å². The maximum atomic E-state index is 12.0. The summed E-state index contributed by atoms with van der Waals surface area (Å²) in [5.74, 6) is 0. The van der Waals surface area contributed by atoms with Crippen LogP contribution in [0.4, 0.5) is 0 Å². The highest BCUT2D eigenvalue weighted by molar-refractivity contribution is 5.04. The van der Waals surface area contributed by atoms with Gasteiger partial charge < -0.3 is 4.90 Å². The molecule has 6 nitrogen and oxygen atoms in total. The van der Waals surface area contributed by atoms with Crippen LogP contribution in [0.25, 0.3) is 0 Å². The second-order valence-corrected chi connectivity index (χ2v) is 6.82. The maximum Gasteiger partial charge on any atom is 0.330 e. The lowest BCUT2D eigenvalue weighted by molar-refractivity contribution is 0.246. The fraction of sp³-hybridized carbons (Fsp3) is 0.733. The van der Waals surface area contributed by atoms with Crippen LogP contribution in [0.1, 0.15) is 18.5 Å². The van der Waals surface area contributed by atoms with Crippen LogP contribution in [0.3, 0.4) is 0 Å². The largest absolute Gasteiger partial charge is 0.330 e. The highest BCUT2D eigenvalue weighted by Gasteiger charge is 2.42. The van der Waals surface area contributed by atoms with Gasteiger partial charge in [-0.05, 0) is 38.4 Å². The Kier molecular flexibility index (Phi) is 3.53. The Morgan fingerprint density at radius 1 is 1.05 bits per heavy atom. The molecule has 116 valence electrons. The molecule has 0 radical (unpaired) electrons. The van der Waals surface area contributed by atoms with E-state index in [1.54, 1.807) is 17.7 Å². The SMILES string of the molecule is CN1CCC2(CCN(Cc3cc(=O)n(C)c(=O)n3C)C2)C1. The van der Waals surface area contributed by atoms with Crippen molar-refractivity contribution in [3.05, 3.63) is 32.6 Å². The molecule has 2 aliphatic rings. The quantitative estimate of drug-likeness (QED) is 0.745. The van der Waals surface area contributed by atoms with Gasteiger partial charge in [-0.15, -0.1) is 0 Å². The number of nitrogens with zero attached hydrogens (tertiary/aromatic N) is 4. The first kappa shape index (κ1) is 14.5. The minimum absolute atomic E-state index is 0.220. The van der Waals surface area contributed by atoms with Crippen molar-refractivity contribution in [2.75, 3.05) is 33.2 Å². The second kappa shape index (κ2) is 5.10. The average molecular weight is 292 g/mol. The van der Waals surface area contributed by atoms with Crippen molar-refractivity contribution in [3.8, 4) is 0 Å². The molecular formula is C15H24N4O2. The van der Waals surface area contributed by atoms with Crippen molar-refractivity contribution in [2.45, 2.75) is 19.4 Å². The van der Waals surface area contributed by atoms with Crippen LogP contribution < -0.4 is 11.2 Å². The zero-order valence-electron chi connectivity index (χ0n) is 13.1. The molecule has 21 heavy (non-hydrogen) atoms. The van der Waals surface area contributed by atoms with E-state index < -0.39 is 0 Å². The third kappa shape index (κ3) is 2.58. The van der Waals surface area contributed by atoms with Crippen molar-refractivity contribution in [1.82, 2.24) is 18.9 Å². The fourth-order valence-corrected chi connectivity index (χ4v) is 3.81. The summed E-state index contributed by atoms with van der Waals surface area (Å²) >= 11 is 0. The molecule has 1 aromatic rings. The molecule has 2 fully saturated rings. The summed E-state index contributed by atoms with van der Waals surface area (Å²) in [5, 5.41) is 0. The molecule has 0 saturated carbocycles. The average Bonchev–Trinajstić information content (AvgIpc) is 3.00. The normalized spacial score (nSPS) is 27.0. The van der Waals surface area contributed by atoms with Gasteiger partial charge in [-0.1, -0.05) is 0 Å². The van der Waals surface area contributed by atoms with Crippen molar-refractivity contribution >= 4 is 0 Å². The molecule has 1 spiro atoms. The Morgan fingerprint density at radius 3 is 2.43 bits per heavy atom. The van der Waals surface area contributed by atoms with Gasteiger partial charge in [0.15, 0.2) is 0 Å². The molecule has 2 saturated heterocycles. The number of rotatable bonds is 2. The molecule has 0 aromatic carbocycles. The Labute approximate surface area is 124 Å². The molecule has 2 aliphatic heterocycles. The lowest BCUT2D eigenvalue weighted by Gasteiger charge is -2.24. The lowest BCUT2D eigenvalue weighted by atomic mass is 9.86. The van der Waals surface area contributed by atoms with Crippen LogP contribution in [0.5, 0.6) is 0 Å². The molecule has 3 rings (SSSR count). The molecule has 0 N–H and O–H groups in total. The van der Waals surface area contributed by atoms with E-state index in [-0.39, 0.29) is 11.2 Å². The van der Waals surface area contributed by atoms with Gasteiger partial charge in [0.1, 0.15) is 0 Å². The highest BCUT2D eigenvalue weighted by Crippen LogP contribution is 2.39. The van der Waals surface area contributed by atoms with Crippen LogP contribution in [-0.2, 0) is 20.6 Å². The summed E-state index contributed by atoms with van der Waals surface area (Å²) < 4.78 is 2.74. The first-order valence-electron chi connectivity index (χ1n) is 7.57. The summed E-state index contributed by atoms with van der Waals surface area (Å²) in [4.78, 5) is 28.6. The van der Waals surface area contributed by atoms with Gasteiger partial charge in [-0.2, -0.15) is 0 Å². The number of likely N-dealkylation sites (tertiary alicyclic amines) is 2. The molecule has 6 heteroatoms. The highest BCUT2D eigenvalue weighted by atomic mass is 16.2. The fourth-order valence-electron chi connectivity index (χ4n) is 3.81. The van der Waals surface area contributed by atoms with Crippen LogP contribution in [0, 0.1) is 5.41 Å². The van der Waals surface area contributed by atoms with Crippen molar-refractivity contribution in [3.63, 3.8) is 0 Å². The summed E-state index contributed by atoms with van der Waals surface area (Å²) in [5.41, 5.74) is 0.772. The van der Waals surface area contributed by atoms with Crippen LogP contribution in [0.2, 0.25) is 0 Å². The Hall–Kier alpha value is -1.40. The van der Waals surface area contributed by atoms with Gasteiger partial charge in [0.05, 0.1) is 0 Å². The molecule has 0 amide bonds. The Balaban J connectivity index is 1.77. The molecule has 0 bridgehead atoms. The summed E-state index contributed by atoms with van der Waals surface area (Å²) in [6.45, 7) is 5.16. The van der Waals surface area contributed by atoms with Gasteiger partial charge in [0, 0.05) is 45.5 Å². The van der Waals surface area contributed by atoms with Crippen LogP contribution in [-0.4, -0.2) is 52.2 Å². The molecular weight excluding hydrogens is 268 g/mol. The lowest BCUT2D eigenvalue weighted by Crippen LogP contribution is -2.39. The zero-order chi connectivity index (χ0) is 15.2. The zero-order valence-corrected chi connectivity index (χ0v) is 13.1. The molecule has 1 aromatic heterocycles. The van der Waals surface area contributed by atoms with E-state index in [9.17, 15) is 9.59 Å². The van der Waals surface area contributed by atoms with E-state index in [1.165, 1.54) is 33.0 Å². The van der Waals surface area contributed by atoms with Gasteiger partial charge in [-0.3, -0.25) is 18.8 Å². The van der Waals surface area contributed by atoms with Crippen molar-refractivity contribution < 1.29 is 0 Å².